The molecular weight excluding hydrogens is 397 g/mol. The van der Waals surface area contributed by atoms with Gasteiger partial charge < -0.3 is 15.4 Å². The number of carbonyl (C=O) groups is 1. The lowest BCUT2D eigenvalue weighted by molar-refractivity contribution is -0.117. The molecule has 0 aliphatic carbocycles. The van der Waals surface area contributed by atoms with Gasteiger partial charge in [0, 0.05) is 36.3 Å². The number of imidazole rings is 1. The van der Waals surface area contributed by atoms with Crippen molar-refractivity contribution in [1.29, 1.82) is 0 Å². The number of hydrogen-bond acceptors (Lipinski definition) is 5. The molecule has 3 heterocycles. The number of nitrogens with two attached hydrogens (primary N) is 1. The van der Waals surface area contributed by atoms with Crippen molar-refractivity contribution >= 4 is 17.2 Å². The van der Waals surface area contributed by atoms with E-state index in [-0.39, 0.29) is 24.4 Å². The first kappa shape index (κ1) is 19.2. The predicted molar refractivity (Wildman–Crippen MR) is 114 cm³/mol. The normalized spacial score (nSPS) is 16.3. The largest absolute Gasteiger partial charge is 0.472 e. The van der Waals surface area contributed by atoms with Crippen LogP contribution in [-0.4, -0.2) is 33.1 Å². The molecule has 1 amide bonds. The molecule has 2 aromatic carbocycles. The lowest BCUT2D eigenvalue weighted by Crippen LogP contribution is -2.27. The Bertz CT molecular complexity index is 1250. The zero-order valence-electron chi connectivity index (χ0n) is 16.6. The molecule has 1 unspecified atom stereocenters. The first-order valence-corrected chi connectivity index (χ1v) is 9.95. The number of benzene rings is 2. The number of ether oxygens (including phenoxy) is 1. The highest BCUT2D eigenvalue weighted by Gasteiger charge is 2.27. The van der Waals surface area contributed by atoms with Crippen LogP contribution in [0.5, 0.6) is 5.88 Å². The Hall–Kier alpha value is -3.78. The van der Waals surface area contributed by atoms with E-state index in [1.165, 1.54) is 12.1 Å². The molecule has 7 nitrogen and oxygen atoms in total. The predicted octanol–water partition coefficient (Wildman–Crippen LogP) is 3.18. The maximum Gasteiger partial charge on any atom is 0.232 e. The highest BCUT2D eigenvalue weighted by Crippen LogP contribution is 2.26. The summed E-state index contributed by atoms with van der Waals surface area (Å²) in [4.78, 5) is 18.2. The Kier molecular flexibility index (Phi) is 4.83. The smallest absolute Gasteiger partial charge is 0.232 e. The van der Waals surface area contributed by atoms with Crippen molar-refractivity contribution in [2.24, 2.45) is 5.73 Å². The number of aromatic nitrogens is 3. The Morgan fingerprint density at radius 2 is 1.97 bits per heavy atom. The summed E-state index contributed by atoms with van der Waals surface area (Å²) in [5.74, 6) is 0.142. The van der Waals surface area contributed by atoms with Gasteiger partial charge in [-0.3, -0.25) is 4.79 Å². The Morgan fingerprint density at radius 1 is 1.13 bits per heavy atom. The Balaban J connectivity index is 1.38. The van der Waals surface area contributed by atoms with Crippen molar-refractivity contribution in [3.8, 4) is 17.1 Å². The summed E-state index contributed by atoms with van der Waals surface area (Å²) >= 11 is 0. The van der Waals surface area contributed by atoms with Crippen LogP contribution < -0.4 is 15.4 Å². The third-order valence-corrected chi connectivity index (χ3v) is 5.24. The number of hydrogen-bond donors (Lipinski definition) is 1. The number of anilines is 1. The molecule has 0 saturated carbocycles. The van der Waals surface area contributed by atoms with E-state index >= 15 is 0 Å². The van der Waals surface area contributed by atoms with E-state index < -0.39 is 0 Å². The molecule has 0 spiro atoms. The van der Waals surface area contributed by atoms with Gasteiger partial charge in [0.2, 0.25) is 11.8 Å². The molecule has 1 aliphatic heterocycles. The number of nitrogens with zero attached hydrogens (tertiary/aromatic N) is 4. The SMILES string of the molecule is NC1CC(=O)N(c2ccc(-c3cnc4ccc(OCc5cccc(F)c5)nn34)cc2)C1. The zero-order chi connectivity index (χ0) is 21.4. The summed E-state index contributed by atoms with van der Waals surface area (Å²) in [7, 11) is 0. The molecule has 31 heavy (non-hydrogen) atoms. The van der Waals surface area contributed by atoms with Gasteiger partial charge in [0.05, 0.1) is 11.9 Å². The van der Waals surface area contributed by atoms with E-state index in [4.69, 9.17) is 10.5 Å². The third-order valence-electron chi connectivity index (χ3n) is 5.24. The second-order valence-electron chi connectivity index (χ2n) is 7.52. The molecule has 4 aromatic rings. The number of rotatable bonds is 5. The number of halogens is 1. The second-order valence-corrected chi connectivity index (χ2v) is 7.52. The van der Waals surface area contributed by atoms with Crippen LogP contribution >= 0.6 is 0 Å². The molecular formula is C23H20FN5O2. The van der Waals surface area contributed by atoms with Crippen molar-refractivity contribution in [3.63, 3.8) is 0 Å². The number of fused-ring (bicyclic) bond motifs is 1. The van der Waals surface area contributed by atoms with E-state index in [0.717, 1.165) is 22.5 Å². The van der Waals surface area contributed by atoms with Crippen LogP contribution in [0.25, 0.3) is 16.9 Å². The summed E-state index contributed by atoms with van der Waals surface area (Å²) < 4.78 is 20.8. The van der Waals surface area contributed by atoms with Crippen molar-refractivity contribution in [1.82, 2.24) is 14.6 Å². The Morgan fingerprint density at radius 3 is 2.71 bits per heavy atom. The van der Waals surface area contributed by atoms with E-state index in [1.54, 1.807) is 33.8 Å². The van der Waals surface area contributed by atoms with Crippen molar-refractivity contribution in [3.05, 3.63) is 78.2 Å². The summed E-state index contributed by atoms with van der Waals surface area (Å²) in [6.07, 6.45) is 2.11. The van der Waals surface area contributed by atoms with Crippen molar-refractivity contribution in [2.45, 2.75) is 19.1 Å². The standard InChI is InChI=1S/C23H20FN5O2/c24-17-3-1-2-15(10-17)14-31-22-9-8-21-26-12-20(29(21)27-22)16-4-6-19(7-5-16)28-13-18(25)11-23(28)30/h1-10,12,18H,11,13-14,25H2. The molecule has 8 heteroatoms. The van der Waals surface area contributed by atoms with E-state index in [2.05, 4.69) is 10.1 Å². The van der Waals surface area contributed by atoms with Gasteiger partial charge in [0.25, 0.3) is 0 Å². The van der Waals surface area contributed by atoms with Gasteiger partial charge >= 0.3 is 0 Å². The lowest BCUT2D eigenvalue weighted by atomic mass is 10.1. The minimum atomic E-state index is -0.303. The molecule has 0 bridgehead atoms. The van der Waals surface area contributed by atoms with Crippen molar-refractivity contribution < 1.29 is 13.9 Å². The molecule has 1 fully saturated rings. The highest BCUT2D eigenvalue weighted by molar-refractivity contribution is 5.96. The zero-order valence-corrected chi connectivity index (χ0v) is 16.6. The van der Waals surface area contributed by atoms with Crippen LogP contribution in [0.2, 0.25) is 0 Å². The summed E-state index contributed by atoms with van der Waals surface area (Å²) in [5, 5.41) is 4.53. The summed E-state index contributed by atoms with van der Waals surface area (Å²) in [6, 6.07) is 17.3. The van der Waals surface area contributed by atoms with Crippen LogP contribution in [0.1, 0.15) is 12.0 Å². The molecule has 1 aliphatic rings. The first-order chi connectivity index (χ1) is 15.1. The average Bonchev–Trinajstić information content (AvgIpc) is 3.34. The second kappa shape index (κ2) is 7.81. The van der Waals surface area contributed by atoms with Gasteiger partial charge in [-0.2, -0.15) is 0 Å². The molecule has 1 saturated heterocycles. The van der Waals surface area contributed by atoms with Gasteiger partial charge in [-0.1, -0.05) is 24.3 Å². The highest BCUT2D eigenvalue weighted by atomic mass is 19.1. The van der Waals surface area contributed by atoms with Gasteiger partial charge in [-0.25, -0.2) is 13.9 Å². The molecule has 5 rings (SSSR count). The lowest BCUT2D eigenvalue weighted by Gasteiger charge is -2.16. The van der Waals surface area contributed by atoms with E-state index in [0.29, 0.717) is 24.5 Å². The quantitative estimate of drug-likeness (QED) is 0.539. The molecule has 2 aromatic heterocycles. The van der Waals surface area contributed by atoms with E-state index in [1.807, 2.05) is 30.3 Å². The van der Waals surface area contributed by atoms with Crippen molar-refractivity contribution in [2.75, 3.05) is 11.4 Å². The van der Waals surface area contributed by atoms with Gasteiger partial charge in [-0.05, 0) is 35.9 Å². The van der Waals surface area contributed by atoms with E-state index in [9.17, 15) is 9.18 Å². The first-order valence-electron chi connectivity index (χ1n) is 9.95. The molecule has 156 valence electrons. The fourth-order valence-electron chi connectivity index (χ4n) is 3.71. The van der Waals surface area contributed by atoms with Crippen LogP contribution in [0.4, 0.5) is 10.1 Å². The topological polar surface area (TPSA) is 85.8 Å². The maximum absolute atomic E-state index is 13.4. The minimum Gasteiger partial charge on any atom is -0.472 e. The average molecular weight is 417 g/mol. The van der Waals surface area contributed by atoms with Crippen LogP contribution in [0.15, 0.2) is 66.9 Å². The fraction of sp³-hybridized carbons (Fsp3) is 0.174. The molecule has 1 atom stereocenters. The fourth-order valence-corrected chi connectivity index (χ4v) is 3.71. The Labute approximate surface area is 177 Å². The van der Waals surface area contributed by atoms with Gasteiger partial charge in [-0.15, -0.1) is 5.10 Å². The van der Waals surface area contributed by atoms with Gasteiger partial charge in [0.15, 0.2) is 5.65 Å². The van der Waals surface area contributed by atoms with Crippen LogP contribution in [0.3, 0.4) is 0 Å². The number of amides is 1. The summed E-state index contributed by atoms with van der Waals surface area (Å²) in [5.41, 5.74) is 9.81. The van der Waals surface area contributed by atoms with Gasteiger partial charge in [0.1, 0.15) is 12.4 Å². The molecule has 0 radical (unpaired) electrons. The van der Waals surface area contributed by atoms with Crippen LogP contribution in [-0.2, 0) is 11.4 Å². The van der Waals surface area contributed by atoms with Crippen LogP contribution in [0, 0.1) is 5.82 Å². The molecule has 2 N–H and O–H groups in total. The third kappa shape index (κ3) is 3.85. The summed E-state index contributed by atoms with van der Waals surface area (Å²) in [6.45, 7) is 0.738. The number of carbonyl (C=O) groups excluding carboxylic acids is 1. The minimum absolute atomic E-state index is 0.0387. The maximum atomic E-state index is 13.4. The monoisotopic (exact) mass is 417 g/mol.